The van der Waals surface area contributed by atoms with Crippen molar-refractivity contribution >= 4 is 17.5 Å². The van der Waals surface area contributed by atoms with Gasteiger partial charge in [-0.15, -0.1) is 0 Å². The SMILES string of the molecule is CNCC1(C)CCCN1C(=O)c1ccccc1Cl. The van der Waals surface area contributed by atoms with Crippen molar-refractivity contribution in [2.45, 2.75) is 25.3 Å². The number of amides is 1. The maximum absolute atomic E-state index is 12.6. The van der Waals surface area contributed by atoms with Crippen LogP contribution >= 0.6 is 11.6 Å². The molecule has 4 heteroatoms. The summed E-state index contributed by atoms with van der Waals surface area (Å²) in [4.78, 5) is 14.5. The molecular weight excluding hydrogens is 248 g/mol. The number of rotatable bonds is 3. The van der Waals surface area contributed by atoms with Crippen molar-refractivity contribution in [1.82, 2.24) is 10.2 Å². The Morgan fingerprint density at radius 3 is 2.89 bits per heavy atom. The van der Waals surface area contributed by atoms with Crippen LogP contribution in [0, 0.1) is 0 Å². The molecule has 1 atom stereocenters. The van der Waals surface area contributed by atoms with Gasteiger partial charge in [0.25, 0.3) is 5.91 Å². The lowest BCUT2D eigenvalue weighted by molar-refractivity contribution is 0.0626. The predicted molar refractivity (Wildman–Crippen MR) is 74.1 cm³/mol. The summed E-state index contributed by atoms with van der Waals surface area (Å²) in [6.45, 7) is 3.75. The molecule has 0 bridgehead atoms. The van der Waals surface area contributed by atoms with E-state index in [0.717, 1.165) is 25.9 Å². The molecule has 2 rings (SSSR count). The van der Waals surface area contributed by atoms with E-state index in [4.69, 9.17) is 11.6 Å². The zero-order valence-corrected chi connectivity index (χ0v) is 11.6. The molecule has 1 fully saturated rings. The second-order valence-corrected chi connectivity index (χ2v) is 5.47. The van der Waals surface area contributed by atoms with Crippen LogP contribution in [0.1, 0.15) is 30.1 Å². The Morgan fingerprint density at radius 2 is 2.22 bits per heavy atom. The average Bonchev–Trinajstić information content (AvgIpc) is 2.71. The minimum Gasteiger partial charge on any atom is -0.332 e. The third kappa shape index (κ3) is 2.38. The van der Waals surface area contributed by atoms with Gasteiger partial charge in [-0.25, -0.2) is 0 Å². The summed E-state index contributed by atoms with van der Waals surface area (Å²) in [7, 11) is 1.92. The topological polar surface area (TPSA) is 32.3 Å². The van der Waals surface area contributed by atoms with Gasteiger partial charge in [0.05, 0.1) is 16.1 Å². The standard InChI is InChI=1S/C14H19ClN2O/c1-14(10-16-2)8-5-9-17(14)13(18)11-6-3-4-7-12(11)15/h3-4,6-7,16H,5,8-10H2,1-2H3. The van der Waals surface area contributed by atoms with E-state index in [2.05, 4.69) is 12.2 Å². The summed E-state index contributed by atoms with van der Waals surface area (Å²) in [5, 5.41) is 3.70. The molecule has 0 aromatic heterocycles. The molecule has 18 heavy (non-hydrogen) atoms. The molecule has 0 saturated carbocycles. The first-order valence-corrected chi connectivity index (χ1v) is 6.67. The predicted octanol–water partition coefficient (Wildman–Crippen LogP) is 2.55. The highest BCUT2D eigenvalue weighted by Crippen LogP contribution is 2.31. The van der Waals surface area contributed by atoms with Crippen LogP contribution in [0.4, 0.5) is 0 Å². The van der Waals surface area contributed by atoms with E-state index in [1.807, 2.05) is 24.1 Å². The first-order chi connectivity index (χ1) is 8.58. The Labute approximate surface area is 113 Å². The van der Waals surface area contributed by atoms with Gasteiger partial charge in [-0.3, -0.25) is 4.79 Å². The zero-order valence-electron chi connectivity index (χ0n) is 10.9. The minimum atomic E-state index is -0.106. The Bertz CT molecular complexity index is 449. The number of hydrogen-bond donors (Lipinski definition) is 1. The minimum absolute atomic E-state index is 0.0378. The maximum atomic E-state index is 12.6. The number of likely N-dealkylation sites (N-methyl/N-ethyl adjacent to an activating group) is 1. The second-order valence-electron chi connectivity index (χ2n) is 5.07. The van der Waals surface area contributed by atoms with Crippen LogP contribution in [-0.2, 0) is 0 Å². The smallest absolute Gasteiger partial charge is 0.255 e. The molecule has 1 aliphatic heterocycles. The highest BCUT2D eigenvalue weighted by Gasteiger charge is 2.39. The number of hydrogen-bond acceptors (Lipinski definition) is 2. The molecule has 1 aromatic carbocycles. The van der Waals surface area contributed by atoms with Crippen molar-refractivity contribution < 1.29 is 4.79 Å². The summed E-state index contributed by atoms with van der Waals surface area (Å²) in [6, 6.07) is 7.25. The van der Waals surface area contributed by atoms with Crippen molar-refractivity contribution in [3.63, 3.8) is 0 Å². The van der Waals surface area contributed by atoms with Crippen molar-refractivity contribution in [1.29, 1.82) is 0 Å². The normalized spacial score (nSPS) is 23.4. The molecule has 1 aliphatic rings. The summed E-state index contributed by atoms with van der Waals surface area (Å²) in [5.74, 6) is 0.0378. The molecule has 1 N–H and O–H groups in total. The van der Waals surface area contributed by atoms with Gasteiger partial charge >= 0.3 is 0 Å². The van der Waals surface area contributed by atoms with Crippen molar-refractivity contribution in [2.24, 2.45) is 0 Å². The third-order valence-electron chi connectivity index (χ3n) is 3.66. The average molecular weight is 267 g/mol. The number of likely N-dealkylation sites (tertiary alicyclic amines) is 1. The number of nitrogens with zero attached hydrogens (tertiary/aromatic N) is 1. The monoisotopic (exact) mass is 266 g/mol. The van der Waals surface area contributed by atoms with E-state index in [-0.39, 0.29) is 11.4 Å². The van der Waals surface area contributed by atoms with E-state index in [9.17, 15) is 4.79 Å². The zero-order chi connectivity index (χ0) is 13.2. The quantitative estimate of drug-likeness (QED) is 0.912. The Morgan fingerprint density at radius 1 is 1.50 bits per heavy atom. The molecule has 1 heterocycles. The van der Waals surface area contributed by atoms with E-state index < -0.39 is 0 Å². The fourth-order valence-electron chi connectivity index (χ4n) is 2.71. The number of nitrogens with one attached hydrogen (secondary N) is 1. The van der Waals surface area contributed by atoms with Gasteiger partial charge in [0.2, 0.25) is 0 Å². The molecular formula is C14H19ClN2O. The van der Waals surface area contributed by atoms with Crippen LogP contribution in [0.15, 0.2) is 24.3 Å². The fourth-order valence-corrected chi connectivity index (χ4v) is 2.93. The molecule has 1 amide bonds. The van der Waals surface area contributed by atoms with Crippen LogP contribution in [0.2, 0.25) is 5.02 Å². The number of carbonyl (C=O) groups excluding carboxylic acids is 1. The first-order valence-electron chi connectivity index (χ1n) is 6.29. The molecule has 0 aliphatic carbocycles. The van der Waals surface area contributed by atoms with Crippen LogP contribution in [-0.4, -0.2) is 36.5 Å². The molecule has 98 valence electrons. The summed E-state index contributed by atoms with van der Waals surface area (Å²) in [5.41, 5.74) is 0.494. The number of benzene rings is 1. The Balaban J connectivity index is 2.26. The van der Waals surface area contributed by atoms with E-state index in [1.54, 1.807) is 12.1 Å². The van der Waals surface area contributed by atoms with Gasteiger partial charge in [0, 0.05) is 13.1 Å². The van der Waals surface area contributed by atoms with Gasteiger partial charge in [-0.1, -0.05) is 23.7 Å². The summed E-state index contributed by atoms with van der Waals surface area (Å²) < 4.78 is 0. The van der Waals surface area contributed by atoms with E-state index in [1.165, 1.54) is 0 Å². The summed E-state index contributed by atoms with van der Waals surface area (Å²) >= 11 is 6.10. The van der Waals surface area contributed by atoms with Gasteiger partial charge in [0.1, 0.15) is 0 Å². The van der Waals surface area contributed by atoms with Crippen LogP contribution in [0.3, 0.4) is 0 Å². The first kappa shape index (κ1) is 13.4. The van der Waals surface area contributed by atoms with Crippen LogP contribution in [0.5, 0.6) is 0 Å². The van der Waals surface area contributed by atoms with E-state index in [0.29, 0.717) is 10.6 Å². The lowest BCUT2D eigenvalue weighted by Gasteiger charge is -2.35. The lowest BCUT2D eigenvalue weighted by atomic mass is 9.98. The van der Waals surface area contributed by atoms with Gasteiger partial charge < -0.3 is 10.2 Å². The third-order valence-corrected chi connectivity index (χ3v) is 3.99. The van der Waals surface area contributed by atoms with Crippen molar-refractivity contribution in [2.75, 3.05) is 20.1 Å². The molecule has 1 saturated heterocycles. The van der Waals surface area contributed by atoms with Gasteiger partial charge in [0.15, 0.2) is 0 Å². The lowest BCUT2D eigenvalue weighted by Crippen LogP contribution is -2.50. The molecule has 0 spiro atoms. The largest absolute Gasteiger partial charge is 0.332 e. The highest BCUT2D eigenvalue weighted by molar-refractivity contribution is 6.33. The molecule has 1 unspecified atom stereocenters. The Kier molecular flexibility index (Phi) is 3.93. The van der Waals surface area contributed by atoms with Crippen molar-refractivity contribution in [3.8, 4) is 0 Å². The molecule has 0 radical (unpaired) electrons. The second kappa shape index (κ2) is 5.29. The van der Waals surface area contributed by atoms with Crippen LogP contribution in [0.25, 0.3) is 0 Å². The van der Waals surface area contributed by atoms with Gasteiger partial charge in [-0.05, 0) is 38.9 Å². The van der Waals surface area contributed by atoms with Gasteiger partial charge in [-0.2, -0.15) is 0 Å². The fraction of sp³-hybridized carbons (Fsp3) is 0.500. The van der Waals surface area contributed by atoms with E-state index >= 15 is 0 Å². The van der Waals surface area contributed by atoms with Crippen LogP contribution < -0.4 is 5.32 Å². The Hall–Kier alpha value is -1.06. The maximum Gasteiger partial charge on any atom is 0.255 e. The van der Waals surface area contributed by atoms with Crippen molar-refractivity contribution in [3.05, 3.63) is 34.9 Å². The highest BCUT2D eigenvalue weighted by atomic mass is 35.5. The summed E-state index contributed by atoms with van der Waals surface area (Å²) in [6.07, 6.45) is 2.08. The number of halogens is 1. The molecule has 1 aromatic rings. The number of carbonyl (C=O) groups is 1. The molecule has 3 nitrogen and oxygen atoms in total.